The van der Waals surface area contributed by atoms with Crippen molar-refractivity contribution >= 4 is 5.78 Å². The maximum absolute atomic E-state index is 11.2. The monoisotopic (exact) mass is 169 g/mol. The van der Waals surface area contributed by atoms with Crippen LogP contribution in [0.15, 0.2) is 12.2 Å². The first-order chi connectivity index (χ1) is 5.43. The summed E-state index contributed by atoms with van der Waals surface area (Å²) in [5.74, 6) is 0.572. The maximum Gasteiger partial charge on any atom is 0.138 e. The predicted octanol–water partition coefficient (Wildman–Crippen LogP) is 1.90. The second-order valence-corrected chi connectivity index (χ2v) is 3.78. The van der Waals surface area contributed by atoms with Crippen LogP contribution < -0.4 is 5.73 Å². The maximum atomic E-state index is 11.2. The molecule has 12 heavy (non-hydrogen) atoms. The molecule has 0 saturated carbocycles. The number of hydrogen-bond donors (Lipinski definition) is 1. The molecule has 0 aliphatic heterocycles. The lowest BCUT2D eigenvalue weighted by Crippen LogP contribution is -2.29. The molecular weight excluding hydrogens is 150 g/mol. The van der Waals surface area contributed by atoms with E-state index in [1.807, 2.05) is 20.8 Å². The number of carbonyl (C=O) groups excluding carboxylic acids is 1. The van der Waals surface area contributed by atoms with Gasteiger partial charge in [-0.3, -0.25) is 4.79 Å². The molecule has 0 amide bonds. The minimum Gasteiger partial charge on any atom is -0.327 e. The van der Waals surface area contributed by atoms with E-state index < -0.39 is 0 Å². The van der Waals surface area contributed by atoms with Crippen LogP contribution in [-0.4, -0.2) is 11.8 Å². The highest BCUT2D eigenvalue weighted by atomic mass is 16.1. The van der Waals surface area contributed by atoms with Gasteiger partial charge in [0, 0.05) is 18.9 Å². The molecule has 0 aromatic carbocycles. The van der Waals surface area contributed by atoms with E-state index in [4.69, 9.17) is 5.73 Å². The first-order valence-corrected chi connectivity index (χ1v) is 4.35. The molecule has 1 atom stereocenters. The standard InChI is InChI=1S/C10H19NO/c1-7(2)5-9(12)6-10(11)8(3)4/h8,10H,1,5-6,11H2,2-4H3. The Balaban J connectivity index is 3.77. The zero-order chi connectivity index (χ0) is 9.72. The lowest BCUT2D eigenvalue weighted by Gasteiger charge is -2.14. The minimum absolute atomic E-state index is 0.00292. The van der Waals surface area contributed by atoms with Gasteiger partial charge in [0.1, 0.15) is 5.78 Å². The Hall–Kier alpha value is -0.630. The average Bonchev–Trinajstić information content (AvgIpc) is 1.84. The van der Waals surface area contributed by atoms with Crippen LogP contribution in [0.5, 0.6) is 0 Å². The van der Waals surface area contributed by atoms with E-state index in [-0.39, 0.29) is 11.8 Å². The van der Waals surface area contributed by atoms with Gasteiger partial charge < -0.3 is 5.73 Å². The van der Waals surface area contributed by atoms with Gasteiger partial charge in [0.25, 0.3) is 0 Å². The van der Waals surface area contributed by atoms with E-state index >= 15 is 0 Å². The summed E-state index contributed by atoms with van der Waals surface area (Å²) in [4.78, 5) is 11.2. The Morgan fingerprint density at radius 3 is 2.33 bits per heavy atom. The smallest absolute Gasteiger partial charge is 0.138 e. The second-order valence-electron chi connectivity index (χ2n) is 3.78. The molecule has 2 heteroatoms. The van der Waals surface area contributed by atoms with Gasteiger partial charge in [0.05, 0.1) is 0 Å². The average molecular weight is 169 g/mol. The van der Waals surface area contributed by atoms with Crippen molar-refractivity contribution in [1.29, 1.82) is 0 Å². The SMILES string of the molecule is C=C(C)CC(=O)CC(N)C(C)C. The molecule has 0 saturated heterocycles. The summed E-state index contributed by atoms with van der Waals surface area (Å²) in [5.41, 5.74) is 6.66. The van der Waals surface area contributed by atoms with Crippen molar-refractivity contribution < 1.29 is 4.79 Å². The molecule has 0 aliphatic rings. The predicted molar refractivity (Wildman–Crippen MR) is 51.9 cm³/mol. The quantitative estimate of drug-likeness (QED) is 0.639. The van der Waals surface area contributed by atoms with Crippen molar-refractivity contribution in [3.05, 3.63) is 12.2 Å². The minimum atomic E-state index is -0.00292. The van der Waals surface area contributed by atoms with Crippen molar-refractivity contribution in [3.63, 3.8) is 0 Å². The van der Waals surface area contributed by atoms with Crippen molar-refractivity contribution in [2.45, 2.75) is 39.7 Å². The summed E-state index contributed by atoms with van der Waals surface area (Å²) < 4.78 is 0. The number of ketones is 1. The van der Waals surface area contributed by atoms with Gasteiger partial charge in [-0.15, -0.1) is 0 Å². The summed E-state index contributed by atoms with van der Waals surface area (Å²) in [6.45, 7) is 9.60. The third-order valence-corrected chi connectivity index (χ3v) is 1.82. The van der Waals surface area contributed by atoms with Crippen LogP contribution in [0.3, 0.4) is 0 Å². The Morgan fingerprint density at radius 1 is 1.50 bits per heavy atom. The van der Waals surface area contributed by atoms with E-state index in [1.54, 1.807) is 0 Å². The first-order valence-electron chi connectivity index (χ1n) is 4.35. The van der Waals surface area contributed by atoms with Gasteiger partial charge in [0.2, 0.25) is 0 Å². The Morgan fingerprint density at radius 2 is 2.00 bits per heavy atom. The van der Waals surface area contributed by atoms with E-state index in [0.29, 0.717) is 18.8 Å². The number of Topliss-reactive ketones (excluding diaryl/α,β-unsaturated/α-hetero) is 1. The van der Waals surface area contributed by atoms with E-state index in [2.05, 4.69) is 6.58 Å². The summed E-state index contributed by atoms with van der Waals surface area (Å²) in [5, 5.41) is 0. The van der Waals surface area contributed by atoms with Gasteiger partial charge >= 0.3 is 0 Å². The molecule has 0 radical (unpaired) electrons. The van der Waals surface area contributed by atoms with Gasteiger partial charge in [-0.25, -0.2) is 0 Å². The van der Waals surface area contributed by atoms with Gasteiger partial charge in [0.15, 0.2) is 0 Å². The van der Waals surface area contributed by atoms with Crippen LogP contribution >= 0.6 is 0 Å². The van der Waals surface area contributed by atoms with Gasteiger partial charge in [-0.2, -0.15) is 0 Å². The number of carbonyl (C=O) groups is 1. The lowest BCUT2D eigenvalue weighted by atomic mass is 9.97. The number of allylic oxidation sites excluding steroid dienone is 1. The Kier molecular flexibility index (Phi) is 4.83. The van der Waals surface area contributed by atoms with Crippen molar-refractivity contribution in [1.82, 2.24) is 0 Å². The van der Waals surface area contributed by atoms with Crippen molar-refractivity contribution in [2.24, 2.45) is 11.7 Å². The Labute approximate surface area is 74.8 Å². The van der Waals surface area contributed by atoms with E-state index in [9.17, 15) is 4.79 Å². The molecule has 2 N–H and O–H groups in total. The fourth-order valence-electron chi connectivity index (χ4n) is 0.907. The Bertz CT molecular complexity index is 173. The topological polar surface area (TPSA) is 43.1 Å². The fourth-order valence-corrected chi connectivity index (χ4v) is 0.907. The normalized spacial score (nSPS) is 13.1. The fraction of sp³-hybridized carbons (Fsp3) is 0.700. The largest absolute Gasteiger partial charge is 0.327 e. The number of rotatable bonds is 5. The highest BCUT2D eigenvalue weighted by Crippen LogP contribution is 2.07. The molecule has 70 valence electrons. The number of hydrogen-bond acceptors (Lipinski definition) is 2. The third-order valence-electron chi connectivity index (χ3n) is 1.82. The first kappa shape index (κ1) is 11.4. The molecule has 0 rings (SSSR count). The van der Waals surface area contributed by atoms with Crippen LogP contribution in [0.1, 0.15) is 33.6 Å². The van der Waals surface area contributed by atoms with E-state index in [0.717, 1.165) is 5.57 Å². The van der Waals surface area contributed by atoms with Crippen LogP contribution in [0.2, 0.25) is 0 Å². The third kappa shape index (κ3) is 5.08. The zero-order valence-electron chi connectivity index (χ0n) is 8.26. The molecule has 0 aromatic heterocycles. The number of nitrogens with two attached hydrogens (primary N) is 1. The molecule has 0 spiro atoms. The summed E-state index contributed by atoms with van der Waals surface area (Å²) in [7, 11) is 0. The molecule has 2 nitrogen and oxygen atoms in total. The highest BCUT2D eigenvalue weighted by molar-refractivity contribution is 5.81. The van der Waals surface area contributed by atoms with Gasteiger partial charge in [-0.05, 0) is 12.8 Å². The van der Waals surface area contributed by atoms with Gasteiger partial charge in [-0.1, -0.05) is 26.0 Å². The van der Waals surface area contributed by atoms with Crippen molar-refractivity contribution in [2.75, 3.05) is 0 Å². The molecule has 0 bridgehead atoms. The molecule has 0 aliphatic carbocycles. The summed E-state index contributed by atoms with van der Waals surface area (Å²) >= 11 is 0. The van der Waals surface area contributed by atoms with Crippen LogP contribution in [-0.2, 0) is 4.79 Å². The van der Waals surface area contributed by atoms with Crippen LogP contribution in [0.4, 0.5) is 0 Å². The van der Waals surface area contributed by atoms with Crippen molar-refractivity contribution in [3.8, 4) is 0 Å². The lowest BCUT2D eigenvalue weighted by molar-refractivity contribution is -0.118. The molecule has 0 heterocycles. The van der Waals surface area contributed by atoms with E-state index in [1.165, 1.54) is 0 Å². The zero-order valence-corrected chi connectivity index (χ0v) is 8.26. The van der Waals surface area contributed by atoms with Crippen LogP contribution in [0.25, 0.3) is 0 Å². The molecule has 0 aromatic rings. The molecule has 1 unspecified atom stereocenters. The highest BCUT2D eigenvalue weighted by Gasteiger charge is 2.12. The van der Waals surface area contributed by atoms with Crippen LogP contribution in [0, 0.1) is 5.92 Å². The summed E-state index contributed by atoms with van der Waals surface area (Å²) in [6.07, 6.45) is 0.949. The second kappa shape index (κ2) is 5.09. The summed E-state index contributed by atoms with van der Waals surface area (Å²) in [6, 6.07) is -0.00292. The molecular formula is C10H19NO. The molecule has 0 fully saturated rings.